The van der Waals surface area contributed by atoms with E-state index in [9.17, 15) is 9.59 Å². The van der Waals surface area contributed by atoms with Crippen molar-refractivity contribution in [2.24, 2.45) is 0 Å². The molecule has 0 aromatic heterocycles. The molecule has 1 aliphatic heterocycles. The van der Waals surface area contributed by atoms with E-state index in [1.54, 1.807) is 18.2 Å². The van der Waals surface area contributed by atoms with Gasteiger partial charge < -0.3 is 19.9 Å². The third-order valence-electron chi connectivity index (χ3n) is 3.69. The quantitative estimate of drug-likeness (QED) is 0.698. The van der Waals surface area contributed by atoms with Crippen LogP contribution < -0.4 is 14.8 Å². The van der Waals surface area contributed by atoms with Crippen LogP contribution in [0.4, 0.5) is 5.69 Å². The molecule has 0 spiro atoms. The number of benzene rings is 2. The maximum atomic E-state index is 12.3. The van der Waals surface area contributed by atoms with E-state index in [0.717, 1.165) is 16.8 Å². The number of aliphatic carboxylic acids is 1. The van der Waals surface area contributed by atoms with Crippen LogP contribution in [0.25, 0.3) is 11.6 Å². The molecule has 0 atom stereocenters. The summed E-state index contributed by atoms with van der Waals surface area (Å²) in [6.45, 7) is 1.73. The number of hydrogen-bond acceptors (Lipinski definition) is 4. The minimum absolute atomic E-state index is 0.175. The Bertz CT molecular complexity index is 907. The SMILES string of the molecule is CCOc1cc(/C=C2/C(=O)Nc3ccccc32)cc(Br)c1OCC(=O)O. The van der Waals surface area contributed by atoms with E-state index in [-0.39, 0.29) is 5.91 Å². The van der Waals surface area contributed by atoms with Crippen LogP contribution in [-0.2, 0) is 9.59 Å². The van der Waals surface area contributed by atoms with Crippen molar-refractivity contribution in [2.45, 2.75) is 6.92 Å². The van der Waals surface area contributed by atoms with Crippen LogP contribution in [-0.4, -0.2) is 30.2 Å². The molecule has 0 fully saturated rings. The van der Waals surface area contributed by atoms with Crippen LogP contribution >= 0.6 is 15.9 Å². The van der Waals surface area contributed by atoms with E-state index in [0.29, 0.717) is 28.2 Å². The van der Waals surface area contributed by atoms with Crippen molar-refractivity contribution < 1.29 is 24.2 Å². The van der Waals surface area contributed by atoms with Crippen molar-refractivity contribution >= 4 is 45.1 Å². The summed E-state index contributed by atoms with van der Waals surface area (Å²) >= 11 is 3.39. The number of ether oxygens (including phenoxy) is 2. The molecule has 26 heavy (non-hydrogen) atoms. The highest BCUT2D eigenvalue weighted by Gasteiger charge is 2.23. The zero-order valence-corrected chi connectivity index (χ0v) is 15.5. The molecule has 2 N–H and O–H groups in total. The number of fused-ring (bicyclic) bond motifs is 1. The molecule has 2 aromatic rings. The number of hydrogen-bond donors (Lipinski definition) is 2. The van der Waals surface area contributed by atoms with Gasteiger partial charge in [0.2, 0.25) is 0 Å². The molecule has 6 nitrogen and oxygen atoms in total. The molecule has 0 unspecified atom stereocenters. The number of nitrogens with one attached hydrogen (secondary N) is 1. The summed E-state index contributed by atoms with van der Waals surface area (Å²) in [6.07, 6.45) is 1.76. The fourth-order valence-corrected chi connectivity index (χ4v) is 3.23. The second kappa shape index (κ2) is 7.61. The first-order valence-electron chi connectivity index (χ1n) is 7.93. The summed E-state index contributed by atoms with van der Waals surface area (Å²) in [7, 11) is 0. The largest absolute Gasteiger partial charge is 0.490 e. The second-order valence-corrected chi connectivity index (χ2v) is 6.36. The maximum absolute atomic E-state index is 12.3. The Labute approximate surface area is 158 Å². The number of amides is 1. The lowest BCUT2D eigenvalue weighted by Crippen LogP contribution is -2.11. The predicted octanol–water partition coefficient (Wildman–Crippen LogP) is 3.80. The van der Waals surface area contributed by atoms with Crippen molar-refractivity contribution in [3.05, 3.63) is 52.0 Å². The normalized spacial score (nSPS) is 14.1. The number of anilines is 1. The molecule has 0 saturated carbocycles. The highest BCUT2D eigenvalue weighted by atomic mass is 79.9. The molecule has 0 radical (unpaired) electrons. The molecule has 0 aliphatic carbocycles. The van der Waals surface area contributed by atoms with Gasteiger partial charge in [0.25, 0.3) is 5.91 Å². The molecular formula is C19H16BrNO5. The molecule has 2 aromatic carbocycles. The van der Waals surface area contributed by atoms with Crippen LogP contribution in [0.2, 0.25) is 0 Å². The summed E-state index contributed by atoms with van der Waals surface area (Å²) in [5.74, 6) is -0.536. The third kappa shape index (κ3) is 3.72. The number of carboxylic acid groups (broad SMARTS) is 1. The van der Waals surface area contributed by atoms with Gasteiger partial charge in [-0.3, -0.25) is 4.79 Å². The third-order valence-corrected chi connectivity index (χ3v) is 4.28. The molecular weight excluding hydrogens is 402 g/mol. The zero-order chi connectivity index (χ0) is 18.7. The molecule has 1 amide bonds. The van der Waals surface area contributed by atoms with E-state index in [4.69, 9.17) is 14.6 Å². The van der Waals surface area contributed by atoms with Crippen molar-refractivity contribution in [3.8, 4) is 11.5 Å². The summed E-state index contributed by atoms with van der Waals surface area (Å²) in [5, 5.41) is 11.6. The highest BCUT2D eigenvalue weighted by molar-refractivity contribution is 9.10. The number of carbonyl (C=O) groups is 2. The minimum atomic E-state index is -1.08. The summed E-state index contributed by atoms with van der Waals surface area (Å²) in [6, 6.07) is 10.9. The standard InChI is InChI=1S/C19H16BrNO5/c1-2-25-16-9-11(8-14(20)18(16)26-10-17(22)23)7-13-12-5-3-4-6-15(12)21-19(13)24/h3-9H,2,10H2,1H3,(H,21,24)(H,22,23)/b13-7+. The highest BCUT2D eigenvalue weighted by Crippen LogP contribution is 2.39. The maximum Gasteiger partial charge on any atom is 0.341 e. The number of halogens is 1. The van der Waals surface area contributed by atoms with Gasteiger partial charge in [-0.1, -0.05) is 18.2 Å². The van der Waals surface area contributed by atoms with Crippen molar-refractivity contribution in [3.63, 3.8) is 0 Å². The molecule has 0 bridgehead atoms. The van der Waals surface area contributed by atoms with Crippen LogP contribution in [0, 0.1) is 0 Å². The Hall–Kier alpha value is -2.80. The van der Waals surface area contributed by atoms with Crippen LogP contribution in [0.1, 0.15) is 18.1 Å². The lowest BCUT2D eigenvalue weighted by molar-refractivity contribution is -0.139. The molecule has 1 heterocycles. The average Bonchev–Trinajstić information content (AvgIpc) is 2.90. The lowest BCUT2D eigenvalue weighted by Gasteiger charge is -2.13. The topological polar surface area (TPSA) is 84.9 Å². The second-order valence-electron chi connectivity index (χ2n) is 5.50. The van der Waals surface area contributed by atoms with Gasteiger partial charge in [-0.05, 0) is 52.7 Å². The monoisotopic (exact) mass is 417 g/mol. The van der Waals surface area contributed by atoms with Crippen molar-refractivity contribution in [1.29, 1.82) is 0 Å². The Morgan fingerprint density at radius 1 is 1.27 bits per heavy atom. The molecule has 7 heteroatoms. The van der Waals surface area contributed by atoms with E-state index in [2.05, 4.69) is 21.2 Å². The molecule has 3 rings (SSSR count). The van der Waals surface area contributed by atoms with Crippen molar-refractivity contribution in [2.75, 3.05) is 18.5 Å². The first kappa shape index (κ1) is 18.0. The minimum Gasteiger partial charge on any atom is -0.490 e. The number of carboxylic acids is 1. The predicted molar refractivity (Wildman–Crippen MR) is 101 cm³/mol. The summed E-state index contributed by atoms with van der Waals surface area (Å²) in [5.41, 5.74) is 2.88. The number of rotatable bonds is 6. The summed E-state index contributed by atoms with van der Waals surface area (Å²) < 4.78 is 11.4. The number of carbonyl (C=O) groups excluding carboxylic acids is 1. The molecule has 134 valence electrons. The Balaban J connectivity index is 2.01. The van der Waals surface area contributed by atoms with E-state index >= 15 is 0 Å². The van der Waals surface area contributed by atoms with Gasteiger partial charge in [-0.2, -0.15) is 0 Å². The van der Waals surface area contributed by atoms with E-state index < -0.39 is 12.6 Å². The fourth-order valence-electron chi connectivity index (χ4n) is 2.66. The lowest BCUT2D eigenvalue weighted by atomic mass is 10.0. The van der Waals surface area contributed by atoms with Crippen LogP contribution in [0.15, 0.2) is 40.9 Å². The van der Waals surface area contributed by atoms with Crippen molar-refractivity contribution in [1.82, 2.24) is 0 Å². The van der Waals surface area contributed by atoms with Crippen LogP contribution in [0.3, 0.4) is 0 Å². The first-order chi connectivity index (χ1) is 12.5. The summed E-state index contributed by atoms with van der Waals surface area (Å²) in [4.78, 5) is 23.0. The molecule has 0 saturated heterocycles. The van der Waals surface area contributed by atoms with Gasteiger partial charge in [-0.15, -0.1) is 0 Å². The first-order valence-corrected chi connectivity index (χ1v) is 8.72. The van der Waals surface area contributed by atoms with Gasteiger partial charge in [-0.25, -0.2) is 4.79 Å². The Kier molecular flexibility index (Phi) is 5.27. The van der Waals surface area contributed by atoms with Gasteiger partial charge in [0, 0.05) is 16.8 Å². The van der Waals surface area contributed by atoms with E-state index in [1.165, 1.54) is 0 Å². The number of para-hydroxylation sites is 1. The van der Waals surface area contributed by atoms with Crippen LogP contribution in [0.5, 0.6) is 11.5 Å². The Morgan fingerprint density at radius 2 is 2.04 bits per heavy atom. The van der Waals surface area contributed by atoms with E-state index in [1.807, 2.05) is 31.2 Å². The van der Waals surface area contributed by atoms with Gasteiger partial charge in [0.15, 0.2) is 18.1 Å². The van der Waals surface area contributed by atoms with Gasteiger partial charge in [0.05, 0.1) is 11.1 Å². The fraction of sp³-hybridized carbons (Fsp3) is 0.158. The van der Waals surface area contributed by atoms with Gasteiger partial charge >= 0.3 is 5.97 Å². The molecule has 1 aliphatic rings. The van der Waals surface area contributed by atoms with Gasteiger partial charge in [0.1, 0.15) is 0 Å². The Morgan fingerprint density at radius 3 is 2.77 bits per heavy atom. The zero-order valence-electron chi connectivity index (χ0n) is 13.9. The smallest absolute Gasteiger partial charge is 0.341 e. The average molecular weight is 418 g/mol.